The highest BCUT2D eigenvalue weighted by atomic mass is 35.5. The van der Waals surface area contributed by atoms with Crippen molar-refractivity contribution in [3.05, 3.63) is 59.9 Å². The van der Waals surface area contributed by atoms with Crippen LogP contribution in [0.5, 0.6) is 11.8 Å². The van der Waals surface area contributed by atoms with E-state index >= 15 is 0 Å². The van der Waals surface area contributed by atoms with Gasteiger partial charge in [0, 0.05) is 11.1 Å². The number of aromatic hydroxyl groups is 2. The fourth-order valence-electron chi connectivity index (χ4n) is 2.43. The predicted molar refractivity (Wildman–Crippen MR) is 79.2 cm³/mol. The van der Waals surface area contributed by atoms with Crippen LogP contribution in [0, 0.1) is 0 Å². The van der Waals surface area contributed by atoms with Crippen molar-refractivity contribution >= 4 is 0 Å². The van der Waals surface area contributed by atoms with Gasteiger partial charge in [0.15, 0.2) is 25.5 Å². The van der Waals surface area contributed by atoms with Gasteiger partial charge in [0.05, 0.1) is 26.2 Å². The smallest absolute Gasteiger partial charge is 0.249 e. The van der Waals surface area contributed by atoms with Gasteiger partial charge in [0.25, 0.3) is 0 Å². The molecule has 0 radical (unpaired) electrons. The molecule has 0 bridgehead atoms. The van der Waals surface area contributed by atoms with Crippen LogP contribution in [0.3, 0.4) is 0 Å². The number of halogens is 2. The van der Waals surface area contributed by atoms with Gasteiger partial charge in [-0.25, -0.2) is 0 Å². The second-order valence-electron chi connectivity index (χ2n) is 5.41. The first-order valence-corrected chi connectivity index (χ1v) is 7.11. The fraction of sp³-hybridized carbons (Fsp3) is 0.250. The van der Waals surface area contributed by atoms with E-state index in [1.165, 1.54) is 0 Å². The topological polar surface area (TPSA) is 58.1 Å². The van der Waals surface area contributed by atoms with E-state index in [1.807, 2.05) is 35.9 Å². The van der Waals surface area contributed by atoms with Gasteiger partial charge in [0.1, 0.15) is 0 Å². The molecular formula is C16H20Cl2N4O2. The summed E-state index contributed by atoms with van der Waals surface area (Å²) in [6.07, 6.45) is 3.71. The lowest BCUT2D eigenvalue weighted by atomic mass is 10.1. The molecule has 2 N–H and O–H groups in total. The highest BCUT2D eigenvalue weighted by molar-refractivity contribution is 5.21. The Morgan fingerprint density at radius 3 is 1.29 bits per heavy atom. The number of nitrogens with zero attached hydrogens (tertiary/aromatic N) is 4. The molecule has 3 aromatic rings. The van der Waals surface area contributed by atoms with Crippen molar-refractivity contribution in [2.45, 2.75) is 13.1 Å². The molecule has 6 nitrogen and oxygen atoms in total. The van der Waals surface area contributed by atoms with E-state index in [4.69, 9.17) is 0 Å². The Bertz CT molecular complexity index is 730. The summed E-state index contributed by atoms with van der Waals surface area (Å²) >= 11 is 0. The minimum absolute atomic E-state index is 0. The van der Waals surface area contributed by atoms with Crippen molar-refractivity contribution in [1.29, 1.82) is 0 Å². The molecular weight excluding hydrogens is 351 g/mol. The quantitative estimate of drug-likeness (QED) is 0.450. The third-order valence-electron chi connectivity index (χ3n) is 3.94. The van der Waals surface area contributed by atoms with Crippen LogP contribution < -0.4 is 34.2 Å². The molecule has 0 aliphatic rings. The van der Waals surface area contributed by atoms with E-state index in [1.54, 1.807) is 21.5 Å². The van der Waals surface area contributed by atoms with Gasteiger partial charge in [0.2, 0.25) is 11.8 Å². The van der Waals surface area contributed by atoms with E-state index in [2.05, 4.69) is 24.3 Å². The first-order valence-electron chi connectivity index (χ1n) is 7.11. The van der Waals surface area contributed by atoms with Crippen LogP contribution in [-0.4, -0.2) is 19.6 Å². The van der Waals surface area contributed by atoms with Gasteiger partial charge in [-0.15, -0.1) is 18.7 Å². The number of hydrogen-bond acceptors (Lipinski definition) is 2. The molecule has 0 saturated carbocycles. The summed E-state index contributed by atoms with van der Waals surface area (Å²) in [5, 5.41) is 19.1. The second-order valence-corrected chi connectivity index (χ2v) is 5.41. The van der Waals surface area contributed by atoms with Crippen molar-refractivity contribution in [1.82, 2.24) is 9.36 Å². The molecule has 2 aromatic heterocycles. The molecule has 3 rings (SSSR count). The average molecular weight is 371 g/mol. The van der Waals surface area contributed by atoms with Crippen LogP contribution in [0.1, 0.15) is 11.1 Å². The summed E-state index contributed by atoms with van der Waals surface area (Å²) in [5.74, 6) is 0.494. The van der Waals surface area contributed by atoms with Crippen LogP contribution in [0.2, 0.25) is 0 Å². The summed E-state index contributed by atoms with van der Waals surface area (Å²) in [4.78, 5) is 0. The Kier molecular flexibility index (Phi) is 6.69. The molecule has 0 aliphatic carbocycles. The molecule has 0 aliphatic heterocycles. The molecule has 0 amide bonds. The third-order valence-corrected chi connectivity index (χ3v) is 3.94. The van der Waals surface area contributed by atoms with Crippen molar-refractivity contribution in [2.75, 3.05) is 0 Å². The molecule has 130 valence electrons. The van der Waals surface area contributed by atoms with E-state index in [9.17, 15) is 10.2 Å². The molecule has 2 heterocycles. The Balaban J connectivity index is 0.00000144. The Labute approximate surface area is 153 Å². The lowest BCUT2D eigenvalue weighted by Crippen LogP contribution is -3.00. The highest BCUT2D eigenvalue weighted by Gasteiger charge is 2.13. The van der Waals surface area contributed by atoms with E-state index in [0.717, 1.165) is 11.1 Å². The van der Waals surface area contributed by atoms with Gasteiger partial charge >= 0.3 is 0 Å². The Hall–Kier alpha value is -2.18. The van der Waals surface area contributed by atoms with Crippen molar-refractivity contribution < 1.29 is 44.4 Å². The number of benzene rings is 1. The summed E-state index contributed by atoms with van der Waals surface area (Å²) in [5.41, 5.74) is 2.32. The van der Waals surface area contributed by atoms with Crippen molar-refractivity contribution in [3.63, 3.8) is 0 Å². The van der Waals surface area contributed by atoms with Gasteiger partial charge < -0.3 is 35.0 Å². The van der Waals surface area contributed by atoms with Crippen LogP contribution in [-0.2, 0) is 27.2 Å². The Morgan fingerprint density at radius 1 is 0.708 bits per heavy atom. The van der Waals surface area contributed by atoms with E-state index in [0.29, 0.717) is 13.1 Å². The standard InChI is InChI=1S/C16H18N4O2.2ClH/c1-17-15(21)7-9-19(17)11-13-3-5-14(6-4-13)12-20-10-8-16(22)18(20)2;;/h3-10H,11-12H2,1-2H3;2*1H. The Morgan fingerprint density at radius 2 is 1.04 bits per heavy atom. The maximum Gasteiger partial charge on any atom is 0.249 e. The molecule has 0 unspecified atom stereocenters. The van der Waals surface area contributed by atoms with E-state index in [-0.39, 0.29) is 36.6 Å². The molecule has 0 fully saturated rings. The molecule has 0 spiro atoms. The lowest BCUT2D eigenvalue weighted by molar-refractivity contribution is -0.766. The molecule has 24 heavy (non-hydrogen) atoms. The zero-order valence-corrected chi connectivity index (χ0v) is 15.0. The molecule has 1 aromatic carbocycles. The van der Waals surface area contributed by atoms with Crippen molar-refractivity contribution in [2.24, 2.45) is 14.1 Å². The summed E-state index contributed by atoms with van der Waals surface area (Å²) in [6, 6.07) is 11.7. The van der Waals surface area contributed by atoms with Crippen LogP contribution in [0.25, 0.3) is 0 Å². The zero-order chi connectivity index (χ0) is 15.7. The third kappa shape index (κ3) is 4.01. The summed E-state index contributed by atoms with van der Waals surface area (Å²) in [6.45, 7) is 1.41. The fourth-order valence-corrected chi connectivity index (χ4v) is 2.43. The number of aromatic nitrogens is 4. The minimum Gasteiger partial charge on any atom is -1.00 e. The van der Waals surface area contributed by atoms with Gasteiger partial charge in [-0.05, 0) is 0 Å². The zero-order valence-electron chi connectivity index (χ0n) is 13.5. The average Bonchev–Trinajstić information content (AvgIpc) is 3.00. The molecule has 0 saturated heterocycles. The molecule has 8 heteroatoms. The number of rotatable bonds is 4. The SMILES string of the molecule is Cn1c(O)cc[n+]1Cc1ccc(C[n+]2ccc(O)n2C)cc1.[Cl-].[Cl-]. The van der Waals surface area contributed by atoms with Crippen LogP contribution in [0.15, 0.2) is 48.8 Å². The first-order chi connectivity index (χ1) is 10.5. The second kappa shape index (κ2) is 8.08. The molecule has 0 atom stereocenters. The first kappa shape index (κ1) is 19.9. The highest BCUT2D eigenvalue weighted by Crippen LogP contribution is 2.07. The maximum absolute atomic E-state index is 9.57. The van der Waals surface area contributed by atoms with Crippen molar-refractivity contribution in [3.8, 4) is 11.8 Å². The predicted octanol–water partition coefficient (Wildman–Crippen LogP) is -5.55. The van der Waals surface area contributed by atoms with E-state index < -0.39 is 0 Å². The summed E-state index contributed by atoms with van der Waals surface area (Å²) < 4.78 is 7.29. The monoisotopic (exact) mass is 370 g/mol. The maximum atomic E-state index is 9.57. The normalized spacial score (nSPS) is 10.1. The van der Waals surface area contributed by atoms with Gasteiger partial charge in [-0.2, -0.15) is 0 Å². The number of hydrogen-bond donors (Lipinski definition) is 2. The lowest BCUT2D eigenvalue weighted by Gasteiger charge is -2.01. The van der Waals surface area contributed by atoms with Crippen LogP contribution >= 0.6 is 0 Å². The van der Waals surface area contributed by atoms with Crippen LogP contribution in [0.4, 0.5) is 0 Å². The minimum atomic E-state index is 0. The van der Waals surface area contributed by atoms with Gasteiger partial charge in [-0.1, -0.05) is 24.3 Å². The summed E-state index contributed by atoms with van der Waals surface area (Å²) in [7, 11) is 3.64. The largest absolute Gasteiger partial charge is 1.00 e. The van der Waals surface area contributed by atoms with Gasteiger partial charge in [-0.3, -0.25) is 0 Å².